The second-order valence-electron chi connectivity index (χ2n) is 5.31. The van der Waals surface area contributed by atoms with Gasteiger partial charge in [0.2, 0.25) is 10.0 Å². The second kappa shape index (κ2) is 7.30. The SMILES string of the molecule is CS(=O)(=O)N[C@@H]1CCCN(C(=O)COc2cccc(Cl)c2)C1. The molecule has 0 unspecified atom stereocenters. The van der Waals surface area contributed by atoms with Gasteiger partial charge in [0.1, 0.15) is 5.75 Å². The topological polar surface area (TPSA) is 75.7 Å². The third-order valence-electron chi connectivity index (χ3n) is 3.31. The van der Waals surface area contributed by atoms with Crippen molar-refractivity contribution in [2.45, 2.75) is 18.9 Å². The molecule has 1 N–H and O–H groups in total. The Hall–Kier alpha value is -1.31. The molecule has 0 aliphatic carbocycles. The van der Waals surface area contributed by atoms with E-state index in [-0.39, 0.29) is 18.6 Å². The monoisotopic (exact) mass is 346 g/mol. The number of carbonyl (C=O) groups is 1. The molecule has 1 amide bonds. The molecule has 1 fully saturated rings. The maximum atomic E-state index is 12.2. The molecule has 6 nitrogen and oxygen atoms in total. The van der Waals surface area contributed by atoms with Gasteiger partial charge in [0, 0.05) is 24.2 Å². The summed E-state index contributed by atoms with van der Waals surface area (Å²) in [5.74, 6) is 0.364. The van der Waals surface area contributed by atoms with Gasteiger partial charge in [0.15, 0.2) is 6.61 Å². The molecular weight excluding hydrogens is 328 g/mol. The van der Waals surface area contributed by atoms with Crippen molar-refractivity contribution in [3.8, 4) is 5.75 Å². The van der Waals surface area contributed by atoms with E-state index in [2.05, 4.69) is 4.72 Å². The number of hydrogen-bond acceptors (Lipinski definition) is 4. The van der Waals surface area contributed by atoms with Crippen molar-refractivity contribution >= 4 is 27.5 Å². The first-order valence-electron chi connectivity index (χ1n) is 6.97. The van der Waals surface area contributed by atoms with Gasteiger partial charge in [0.05, 0.1) is 6.26 Å². The maximum absolute atomic E-state index is 12.2. The zero-order chi connectivity index (χ0) is 16.2. The van der Waals surface area contributed by atoms with Crippen LogP contribution in [-0.4, -0.2) is 51.2 Å². The van der Waals surface area contributed by atoms with Crippen molar-refractivity contribution in [3.05, 3.63) is 29.3 Å². The normalized spacial score (nSPS) is 19.0. The molecule has 1 saturated heterocycles. The smallest absolute Gasteiger partial charge is 0.260 e. The summed E-state index contributed by atoms with van der Waals surface area (Å²) in [6.07, 6.45) is 2.61. The lowest BCUT2D eigenvalue weighted by Crippen LogP contribution is -2.50. The van der Waals surface area contributed by atoms with Gasteiger partial charge >= 0.3 is 0 Å². The van der Waals surface area contributed by atoms with Crippen LogP contribution in [0.1, 0.15) is 12.8 Å². The van der Waals surface area contributed by atoms with Crippen molar-refractivity contribution in [1.82, 2.24) is 9.62 Å². The standard InChI is InChI=1S/C14H19ClN2O4S/c1-22(19,20)16-12-5-3-7-17(9-12)14(18)10-21-13-6-2-4-11(15)8-13/h2,4,6,8,12,16H,3,5,7,9-10H2,1H3/t12-/m1/s1. The summed E-state index contributed by atoms with van der Waals surface area (Å²) in [5, 5.41) is 0.542. The van der Waals surface area contributed by atoms with E-state index in [1.807, 2.05) is 0 Å². The summed E-state index contributed by atoms with van der Waals surface area (Å²) in [5.41, 5.74) is 0. The fraction of sp³-hybridized carbons (Fsp3) is 0.500. The van der Waals surface area contributed by atoms with E-state index >= 15 is 0 Å². The zero-order valence-electron chi connectivity index (χ0n) is 12.3. The number of halogens is 1. The second-order valence-corrected chi connectivity index (χ2v) is 7.53. The van der Waals surface area contributed by atoms with Gasteiger partial charge in [-0.05, 0) is 31.0 Å². The number of benzene rings is 1. The zero-order valence-corrected chi connectivity index (χ0v) is 13.9. The molecule has 1 heterocycles. The first-order valence-corrected chi connectivity index (χ1v) is 9.24. The Morgan fingerprint density at radius 3 is 2.95 bits per heavy atom. The van der Waals surface area contributed by atoms with Crippen molar-refractivity contribution in [2.75, 3.05) is 26.0 Å². The average molecular weight is 347 g/mol. The highest BCUT2D eigenvalue weighted by Gasteiger charge is 2.25. The third-order valence-corrected chi connectivity index (χ3v) is 4.31. The minimum absolute atomic E-state index is 0.0913. The van der Waals surface area contributed by atoms with E-state index in [9.17, 15) is 13.2 Å². The summed E-state index contributed by atoms with van der Waals surface area (Å²) in [4.78, 5) is 13.8. The largest absolute Gasteiger partial charge is 0.484 e. The molecule has 122 valence electrons. The van der Waals surface area contributed by atoms with E-state index in [0.29, 0.717) is 23.9 Å². The van der Waals surface area contributed by atoms with E-state index < -0.39 is 10.0 Å². The molecule has 0 spiro atoms. The molecule has 0 bridgehead atoms. The molecule has 1 aromatic carbocycles. The maximum Gasteiger partial charge on any atom is 0.260 e. The third kappa shape index (κ3) is 5.47. The summed E-state index contributed by atoms with van der Waals surface area (Å²) in [6.45, 7) is 0.885. The number of sulfonamides is 1. The molecule has 2 rings (SSSR count). The number of piperidine rings is 1. The molecule has 1 atom stereocenters. The number of likely N-dealkylation sites (tertiary alicyclic amines) is 1. The number of hydrogen-bond donors (Lipinski definition) is 1. The minimum Gasteiger partial charge on any atom is -0.484 e. The van der Waals surface area contributed by atoms with E-state index in [4.69, 9.17) is 16.3 Å². The fourth-order valence-electron chi connectivity index (χ4n) is 2.40. The van der Waals surface area contributed by atoms with Gasteiger partial charge in [0.25, 0.3) is 5.91 Å². The van der Waals surface area contributed by atoms with E-state index in [1.54, 1.807) is 29.2 Å². The van der Waals surface area contributed by atoms with Crippen LogP contribution in [0, 0.1) is 0 Å². The van der Waals surface area contributed by atoms with Crippen LogP contribution < -0.4 is 9.46 Å². The summed E-state index contributed by atoms with van der Waals surface area (Å²) in [6, 6.07) is 6.60. The van der Waals surface area contributed by atoms with Crippen LogP contribution in [0.2, 0.25) is 5.02 Å². The molecule has 1 aliphatic rings. The number of rotatable bonds is 5. The van der Waals surface area contributed by atoms with Gasteiger partial charge < -0.3 is 9.64 Å². The van der Waals surface area contributed by atoms with Crippen LogP contribution in [-0.2, 0) is 14.8 Å². The number of amides is 1. The Kier molecular flexibility index (Phi) is 5.66. The Balaban J connectivity index is 1.86. The first-order chi connectivity index (χ1) is 10.3. The van der Waals surface area contributed by atoms with Crippen molar-refractivity contribution in [1.29, 1.82) is 0 Å². The van der Waals surface area contributed by atoms with Crippen LogP contribution in [0.3, 0.4) is 0 Å². The Morgan fingerprint density at radius 1 is 1.50 bits per heavy atom. The van der Waals surface area contributed by atoms with Gasteiger partial charge in [-0.1, -0.05) is 17.7 Å². The lowest BCUT2D eigenvalue weighted by Gasteiger charge is -2.32. The molecule has 0 aromatic heterocycles. The number of nitrogens with zero attached hydrogens (tertiary/aromatic N) is 1. The van der Waals surface area contributed by atoms with Crippen LogP contribution in [0.5, 0.6) is 5.75 Å². The lowest BCUT2D eigenvalue weighted by atomic mass is 10.1. The Bertz CT molecular complexity index is 635. The molecule has 0 saturated carbocycles. The molecular formula is C14H19ClN2O4S. The Morgan fingerprint density at radius 2 is 2.27 bits per heavy atom. The Labute approximate surface area is 135 Å². The number of ether oxygens (including phenoxy) is 1. The van der Waals surface area contributed by atoms with Crippen molar-refractivity contribution in [2.24, 2.45) is 0 Å². The molecule has 1 aromatic rings. The van der Waals surface area contributed by atoms with Gasteiger partial charge in [-0.2, -0.15) is 0 Å². The minimum atomic E-state index is -3.27. The van der Waals surface area contributed by atoms with Crippen molar-refractivity contribution < 1.29 is 17.9 Å². The average Bonchev–Trinajstić information content (AvgIpc) is 2.43. The van der Waals surface area contributed by atoms with E-state index in [1.165, 1.54) is 0 Å². The van der Waals surface area contributed by atoms with E-state index in [0.717, 1.165) is 19.1 Å². The van der Waals surface area contributed by atoms with Crippen molar-refractivity contribution in [3.63, 3.8) is 0 Å². The summed E-state index contributed by atoms with van der Waals surface area (Å²) >= 11 is 5.85. The molecule has 22 heavy (non-hydrogen) atoms. The highest BCUT2D eigenvalue weighted by Crippen LogP contribution is 2.17. The predicted molar refractivity (Wildman–Crippen MR) is 84.5 cm³/mol. The van der Waals surface area contributed by atoms with Gasteiger partial charge in [-0.25, -0.2) is 13.1 Å². The number of carbonyl (C=O) groups excluding carboxylic acids is 1. The van der Waals surface area contributed by atoms with Crippen LogP contribution in [0.25, 0.3) is 0 Å². The van der Waals surface area contributed by atoms with Crippen LogP contribution in [0.4, 0.5) is 0 Å². The van der Waals surface area contributed by atoms with Gasteiger partial charge in [-0.15, -0.1) is 0 Å². The highest BCUT2D eigenvalue weighted by atomic mass is 35.5. The van der Waals surface area contributed by atoms with Crippen LogP contribution >= 0.6 is 11.6 Å². The summed E-state index contributed by atoms with van der Waals surface area (Å²) in [7, 11) is -3.27. The summed E-state index contributed by atoms with van der Waals surface area (Å²) < 4.78 is 30.5. The number of nitrogens with one attached hydrogen (secondary N) is 1. The lowest BCUT2D eigenvalue weighted by molar-refractivity contribution is -0.134. The molecule has 0 radical (unpaired) electrons. The predicted octanol–water partition coefficient (Wildman–Crippen LogP) is 1.26. The van der Waals surface area contributed by atoms with Gasteiger partial charge in [-0.3, -0.25) is 4.79 Å². The fourth-order valence-corrected chi connectivity index (χ4v) is 3.37. The first kappa shape index (κ1) is 17.1. The van der Waals surface area contributed by atoms with Crippen LogP contribution in [0.15, 0.2) is 24.3 Å². The highest BCUT2D eigenvalue weighted by molar-refractivity contribution is 7.88. The molecule has 1 aliphatic heterocycles. The quantitative estimate of drug-likeness (QED) is 0.870. The molecule has 8 heteroatoms.